The summed E-state index contributed by atoms with van der Waals surface area (Å²) in [7, 11) is 0. The van der Waals surface area contributed by atoms with E-state index in [0.717, 1.165) is 25.7 Å². The molecule has 0 radical (unpaired) electrons. The number of nitrogens with zero attached hydrogens (tertiary/aromatic N) is 2. The lowest BCUT2D eigenvalue weighted by Crippen LogP contribution is -2.14. The van der Waals surface area contributed by atoms with E-state index in [1.54, 1.807) is 31.2 Å². The van der Waals surface area contributed by atoms with Gasteiger partial charge in [0.2, 0.25) is 0 Å². The minimum absolute atomic E-state index is 0.0391. The molecule has 0 saturated carbocycles. The number of nitro groups is 1. The van der Waals surface area contributed by atoms with Gasteiger partial charge in [-0.05, 0) is 37.1 Å². The Balaban J connectivity index is 2.19. The lowest BCUT2D eigenvalue weighted by atomic mass is 10.1. The molecule has 30 heavy (non-hydrogen) atoms. The minimum atomic E-state index is -0.720. The zero-order valence-corrected chi connectivity index (χ0v) is 17.2. The van der Waals surface area contributed by atoms with Gasteiger partial charge in [-0.25, -0.2) is 0 Å². The fourth-order valence-corrected chi connectivity index (χ4v) is 2.83. The van der Waals surface area contributed by atoms with Crippen molar-refractivity contribution in [1.29, 1.82) is 5.26 Å². The molecule has 156 valence electrons. The summed E-state index contributed by atoms with van der Waals surface area (Å²) in [4.78, 5) is 23.3. The number of hydrogen-bond donors (Lipinski definition) is 1. The van der Waals surface area contributed by atoms with Crippen molar-refractivity contribution >= 4 is 23.4 Å². The summed E-state index contributed by atoms with van der Waals surface area (Å²) in [6.07, 6.45) is 5.72. The van der Waals surface area contributed by atoms with Crippen molar-refractivity contribution in [2.45, 2.75) is 39.5 Å². The zero-order chi connectivity index (χ0) is 21.9. The van der Waals surface area contributed by atoms with Crippen molar-refractivity contribution in [2.75, 3.05) is 11.9 Å². The third-order valence-corrected chi connectivity index (χ3v) is 4.44. The number of nitriles is 1. The van der Waals surface area contributed by atoms with Crippen molar-refractivity contribution in [3.8, 4) is 11.8 Å². The Morgan fingerprint density at radius 3 is 2.70 bits per heavy atom. The molecule has 0 bridgehead atoms. The van der Waals surface area contributed by atoms with Gasteiger partial charge < -0.3 is 10.1 Å². The number of benzene rings is 2. The number of unbranched alkanes of at least 4 members (excludes halogenated alkanes) is 3. The summed E-state index contributed by atoms with van der Waals surface area (Å²) in [5.41, 5.74) is 0.930. The highest BCUT2D eigenvalue weighted by molar-refractivity contribution is 6.10. The van der Waals surface area contributed by atoms with Gasteiger partial charge in [0.05, 0.1) is 11.5 Å². The quantitative estimate of drug-likeness (QED) is 0.186. The van der Waals surface area contributed by atoms with Crippen LogP contribution in [0.5, 0.6) is 5.75 Å². The number of anilines is 1. The summed E-state index contributed by atoms with van der Waals surface area (Å²) in [6, 6.07) is 13.5. The van der Waals surface area contributed by atoms with Crippen molar-refractivity contribution < 1.29 is 14.5 Å². The first kappa shape index (κ1) is 22.6. The standard InChI is InChI=1S/C23H25N3O4/c1-3-4-5-8-13-30-22-10-7-6-9-18(22)15-19(16-24)23(27)25-20-12-11-17(2)14-21(20)26(28)29/h6-7,9-12,14-15H,3-5,8,13H2,1-2H3,(H,25,27)/b19-15+. The second kappa shape index (κ2) is 11.4. The number of nitrogens with one attached hydrogen (secondary N) is 1. The highest BCUT2D eigenvalue weighted by Gasteiger charge is 2.18. The first-order valence-electron chi connectivity index (χ1n) is 9.86. The van der Waals surface area contributed by atoms with E-state index in [-0.39, 0.29) is 16.9 Å². The molecule has 0 unspecified atom stereocenters. The Morgan fingerprint density at radius 1 is 1.23 bits per heavy atom. The van der Waals surface area contributed by atoms with Gasteiger partial charge in [-0.2, -0.15) is 5.26 Å². The summed E-state index contributed by atoms with van der Waals surface area (Å²) in [5.74, 6) is -0.141. The van der Waals surface area contributed by atoms with E-state index in [2.05, 4.69) is 12.2 Å². The van der Waals surface area contributed by atoms with Gasteiger partial charge in [-0.1, -0.05) is 50.5 Å². The van der Waals surface area contributed by atoms with E-state index in [1.165, 1.54) is 18.2 Å². The monoisotopic (exact) mass is 407 g/mol. The SMILES string of the molecule is CCCCCCOc1ccccc1/C=C(\C#N)C(=O)Nc1ccc(C)cc1[N+](=O)[O-]. The summed E-state index contributed by atoms with van der Waals surface area (Å²) < 4.78 is 5.82. The maximum Gasteiger partial charge on any atom is 0.293 e. The Morgan fingerprint density at radius 2 is 2.00 bits per heavy atom. The molecule has 0 spiro atoms. The highest BCUT2D eigenvalue weighted by Crippen LogP contribution is 2.26. The number of rotatable bonds is 10. The van der Waals surface area contributed by atoms with E-state index in [1.807, 2.05) is 12.1 Å². The first-order chi connectivity index (χ1) is 14.5. The Hall–Kier alpha value is -3.66. The average Bonchev–Trinajstić information content (AvgIpc) is 2.73. The van der Waals surface area contributed by atoms with Crippen LogP contribution in [-0.4, -0.2) is 17.4 Å². The summed E-state index contributed by atoms with van der Waals surface area (Å²) in [6.45, 7) is 4.41. The van der Waals surface area contributed by atoms with E-state index >= 15 is 0 Å². The maximum absolute atomic E-state index is 12.6. The van der Waals surface area contributed by atoms with Crippen LogP contribution in [0.2, 0.25) is 0 Å². The molecule has 7 nitrogen and oxygen atoms in total. The molecule has 0 fully saturated rings. The maximum atomic E-state index is 12.6. The molecule has 0 atom stereocenters. The zero-order valence-electron chi connectivity index (χ0n) is 17.2. The largest absolute Gasteiger partial charge is 0.493 e. The van der Waals surface area contributed by atoms with E-state index in [0.29, 0.717) is 23.5 Å². The van der Waals surface area contributed by atoms with Gasteiger partial charge in [0, 0.05) is 11.6 Å². The molecule has 0 saturated heterocycles. The van der Waals surface area contributed by atoms with E-state index in [4.69, 9.17) is 4.74 Å². The first-order valence-corrected chi connectivity index (χ1v) is 9.86. The lowest BCUT2D eigenvalue weighted by molar-refractivity contribution is -0.384. The highest BCUT2D eigenvalue weighted by atomic mass is 16.6. The van der Waals surface area contributed by atoms with Crippen molar-refractivity contribution in [3.63, 3.8) is 0 Å². The molecule has 7 heteroatoms. The molecule has 2 rings (SSSR count). The van der Waals surface area contributed by atoms with Gasteiger partial charge in [-0.15, -0.1) is 0 Å². The smallest absolute Gasteiger partial charge is 0.293 e. The van der Waals surface area contributed by atoms with Gasteiger partial charge >= 0.3 is 0 Å². The minimum Gasteiger partial charge on any atom is -0.493 e. The normalized spacial score (nSPS) is 10.9. The average molecular weight is 407 g/mol. The molecule has 0 aromatic heterocycles. The predicted molar refractivity (Wildman–Crippen MR) is 116 cm³/mol. The number of amides is 1. The summed E-state index contributed by atoms with van der Waals surface area (Å²) >= 11 is 0. The van der Waals surface area contributed by atoms with Crippen molar-refractivity contribution in [2.24, 2.45) is 0 Å². The molecule has 1 N–H and O–H groups in total. The third-order valence-electron chi connectivity index (χ3n) is 4.44. The number of carbonyl (C=O) groups is 1. The summed E-state index contributed by atoms with van der Waals surface area (Å²) in [5, 5.41) is 23.2. The van der Waals surface area contributed by atoms with Crippen LogP contribution in [0.1, 0.15) is 43.7 Å². The van der Waals surface area contributed by atoms with Crippen LogP contribution in [0.4, 0.5) is 11.4 Å². The topological polar surface area (TPSA) is 105 Å². The molecule has 0 aliphatic heterocycles. The number of carbonyl (C=O) groups excluding carboxylic acids is 1. The second-order valence-corrected chi connectivity index (χ2v) is 6.85. The van der Waals surface area contributed by atoms with Crippen molar-refractivity contribution in [1.82, 2.24) is 0 Å². The van der Waals surface area contributed by atoms with Crippen LogP contribution >= 0.6 is 0 Å². The van der Waals surface area contributed by atoms with Gasteiger partial charge in [0.15, 0.2) is 0 Å². The Labute approximate surface area is 176 Å². The molecule has 0 aliphatic carbocycles. The van der Waals surface area contributed by atoms with Crippen LogP contribution in [0.15, 0.2) is 48.0 Å². The fraction of sp³-hybridized carbons (Fsp3) is 0.304. The predicted octanol–water partition coefficient (Wildman–Crippen LogP) is 5.41. The molecular weight excluding hydrogens is 382 g/mol. The molecule has 1 amide bonds. The van der Waals surface area contributed by atoms with Crippen LogP contribution in [0.25, 0.3) is 6.08 Å². The van der Waals surface area contributed by atoms with Gasteiger partial charge in [-0.3, -0.25) is 14.9 Å². The molecule has 0 heterocycles. The molecule has 2 aromatic rings. The Kier molecular flexibility index (Phi) is 8.57. The van der Waals surface area contributed by atoms with E-state index < -0.39 is 10.8 Å². The van der Waals surface area contributed by atoms with Crippen LogP contribution < -0.4 is 10.1 Å². The van der Waals surface area contributed by atoms with Gasteiger partial charge in [0.1, 0.15) is 23.1 Å². The Bertz CT molecular complexity index is 977. The second-order valence-electron chi connectivity index (χ2n) is 6.85. The van der Waals surface area contributed by atoms with Crippen molar-refractivity contribution in [3.05, 3.63) is 69.3 Å². The molecule has 0 aliphatic rings. The lowest BCUT2D eigenvalue weighted by Gasteiger charge is -2.10. The fourth-order valence-electron chi connectivity index (χ4n) is 2.83. The van der Waals surface area contributed by atoms with Crippen LogP contribution in [0, 0.1) is 28.4 Å². The van der Waals surface area contributed by atoms with Gasteiger partial charge in [0.25, 0.3) is 11.6 Å². The van der Waals surface area contributed by atoms with Crippen LogP contribution in [0.3, 0.4) is 0 Å². The third kappa shape index (κ3) is 6.45. The number of nitro benzene ring substituents is 1. The number of para-hydroxylation sites is 1. The van der Waals surface area contributed by atoms with Crippen LogP contribution in [-0.2, 0) is 4.79 Å². The number of hydrogen-bond acceptors (Lipinski definition) is 5. The molecular formula is C23H25N3O4. The van der Waals surface area contributed by atoms with E-state index in [9.17, 15) is 20.2 Å². The molecule has 2 aromatic carbocycles. The number of aryl methyl sites for hydroxylation is 1. The number of ether oxygens (including phenoxy) is 1.